The van der Waals surface area contributed by atoms with Crippen LogP contribution in [-0.2, 0) is 15.6 Å². The largest absolute Gasteiger partial charge is 0.307 e. The first-order valence-corrected chi connectivity index (χ1v) is 13.0. The lowest BCUT2D eigenvalue weighted by Crippen LogP contribution is -2.13. The maximum Gasteiger partial charge on any atom is 0.249 e. The van der Waals surface area contributed by atoms with Crippen molar-refractivity contribution >= 4 is 43.4 Å². The van der Waals surface area contributed by atoms with Crippen LogP contribution >= 0.6 is 11.6 Å². The standard InChI is InChI=1S/C25H19ClN4O3S/c26-20-11-15(10-16-12-27-30-23(16)20)22-19(13-34(32,33)17-6-7-17)18-8-9-21(31)28-25(18)29-24(22)14-4-2-1-3-5-14/h1-5,8-12,17H,6-7,13H2,(H,27,30)(H,28,29,31). The molecule has 7 nitrogen and oxygen atoms in total. The Balaban J connectivity index is 1.74. The highest BCUT2D eigenvalue weighted by atomic mass is 35.5. The van der Waals surface area contributed by atoms with Crippen LogP contribution in [0.4, 0.5) is 0 Å². The van der Waals surface area contributed by atoms with Gasteiger partial charge in [0.25, 0.3) is 0 Å². The highest BCUT2D eigenvalue weighted by Gasteiger charge is 2.37. The van der Waals surface area contributed by atoms with Gasteiger partial charge < -0.3 is 4.98 Å². The van der Waals surface area contributed by atoms with E-state index in [4.69, 9.17) is 16.6 Å². The summed E-state index contributed by atoms with van der Waals surface area (Å²) in [5, 5.41) is 8.53. The maximum absolute atomic E-state index is 13.2. The molecule has 0 spiro atoms. The van der Waals surface area contributed by atoms with Crippen molar-refractivity contribution < 1.29 is 8.42 Å². The molecule has 2 N–H and O–H groups in total. The summed E-state index contributed by atoms with van der Waals surface area (Å²) in [5.41, 5.74) is 4.16. The number of benzene rings is 2. The molecular formula is C25H19ClN4O3S. The molecule has 0 saturated heterocycles. The fourth-order valence-corrected chi connectivity index (χ4v) is 6.47. The number of hydrogen-bond donors (Lipinski definition) is 2. The molecule has 1 aliphatic carbocycles. The number of halogens is 1. The molecule has 1 saturated carbocycles. The molecule has 3 aromatic heterocycles. The predicted octanol–water partition coefficient (Wildman–Crippen LogP) is 4.86. The molecule has 0 aliphatic heterocycles. The normalized spacial score (nSPS) is 14.1. The van der Waals surface area contributed by atoms with E-state index in [2.05, 4.69) is 15.2 Å². The van der Waals surface area contributed by atoms with E-state index in [1.165, 1.54) is 6.07 Å². The number of nitrogens with zero attached hydrogens (tertiary/aromatic N) is 2. The first-order chi connectivity index (χ1) is 16.4. The number of aromatic nitrogens is 4. The number of sulfone groups is 1. The van der Waals surface area contributed by atoms with Crippen LogP contribution in [0.15, 0.2) is 65.6 Å². The highest BCUT2D eigenvalue weighted by Crippen LogP contribution is 2.42. The fourth-order valence-electron chi connectivity index (χ4n) is 4.41. The van der Waals surface area contributed by atoms with E-state index < -0.39 is 9.84 Å². The Bertz CT molecular complexity index is 1740. The van der Waals surface area contributed by atoms with Gasteiger partial charge in [0.15, 0.2) is 9.84 Å². The third kappa shape index (κ3) is 3.59. The number of fused-ring (bicyclic) bond motifs is 2. The van der Waals surface area contributed by atoms with Crippen molar-refractivity contribution in [3.8, 4) is 22.4 Å². The van der Waals surface area contributed by atoms with Crippen molar-refractivity contribution in [2.75, 3.05) is 0 Å². The van der Waals surface area contributed by atoms with Gasteiger partial charge in [-0.3, -0.25) is 9.89 Å². The average Bonchev–Trinajstić information content (AvgIpc) is 3.58. The van der Waals surface area contributed by atoms with Crippen LogP contribution in [0.5, 0.6) is 0 Å². The molecule has 5 aromatic rings. The Morgan fingerprint density at radius 3 is 2.59 bits per heavy atom. The van der Waals surface area contributed by atoms with Gasteiger partial charge >= 0.3 is 0 Å². The summed E-state index contributed by atoms with van der Waals surface area (Å²) in [7, 11) is -3.38. The Hall–Kier alpha value is -3.49. The molecule has 0 atom stereocenters. The van der Waals surface area contributed by atoms with E-state index >= 15 is 0 Å². The van der Waals surface area contributed by atoms with Gasteiger partial charge in [-0.25, -0.2) is 13.4 Å². The van der Waals surface area contributed by atoms with Gasteiger partial charge in [0.05, 0.1) is 33.4 Å². The monoisotopic (exact) mass is 490 g/mol. The third-order valence-corrected chi connectivity index (χ3v) is 8.68. The molecule has 34 heavy (non-hydrogen) atoms. The summed E-state index contributed by atoms with van der Waals surface area (Å²) < 4.78 is 26.4. The van der Waals surface area contributed by atoms with Gasteiger partial charge in [0.1, 0.15) is 5.65 Å². The summed E-state index contributed by atoms with van der Waals surface area (Å²) in [4.78, 5) is 19.7. The van der Waals surface area contributed by atoms with Crippen molar-refractivity contribution in [3.05, 3.63) is 81.7 Å². The molecule has 0 radical (unpaired) electrons. The minimum Gasteiger partial charge on any atom is -0.307 e. The lowest BCUT2D eigenvalue weighted by molar-refractivity contribution is 0.594. The van der Waals surface area contributed by atoms with Gasteiger partial charge in [0.2, 0.25) is 5.56 Å². The maximum atomic E-state index is 13.2. The number of pyridine rings is 2. The van der Waals surface area contributed by atoms with E-state index in [9.17, 15) is 13.2 Å². The number of aromatic amines is 2. The number of rotatable bonds is 5. The van der Waals surface area contributed by atoms with Gasteiger partial charge in [-0.1, -0.05) is 41.9 Å². The quantitative estimate of drug-likeness (QED) is 0.365. The smallest absolute Gasteiger partial charge is 0.249 e. The zero-order valence-electron chi connectivity index (χ0n) is 17.9. The molecule has 0 unspecified atom stereocenters. The molecule has 1 fully saturated rings. The molecule has 0 bridgehead atoms. The van der Waals surface area contributed by atoms with Crippen LogP contribution in [0.3, 0.4) is 0 Å². The molecule has 3 heterocycles. The van der Waals surface area contributed by atoms with Crippen LogP contribution in [0.2, 0.25) is 5.02 Å². The van der Waals surface area contributed by atoms with Gasteiger partial charge in [-0.05, 0) is 42.2 Å². The van der Waals surface area contributed by atoms with Gasteiger partial charge in [0, 0.05) is 28.0 Å². The van der Waals surface area contributed by atoms with Gasteiger partial charge in [-0.15, -0.1) is 0 Å². The Kier molecular flexibility index (Phi) is 4.82. The summed E-state index contributed by atoms with van der Waals surface area (Å²) in [5.74, 6) is -0.154. The van der Waals surface area contributed by atoms with E-state index in [0.29, 0.717) is 51.2 Å². The van der Waals surface area contributed by atoms with Crippen molar-refractivity contribution in [2.24, 2.45) is 0 Å². The van der Waals surface area contributed by atoms with E-state index in [1.54, 1.807) is 18.3 Å². The second-order valence-electron chi connectivity index (χ2n) is 8.56. The fraction of sp³-hybridized carbons (Fsp3) is 0.160. The summed E-state index contributed by atoms with van der Waals surface area (Å²) in [6, 6.07) is 16.3. The lowest BCUT2D eigenvalue weighted by Gasteiger charge is -2.18. The summed E-state index contributed by atoms with van der Waals surface area (Å²) in [6.07, 6.45) is 3.03. The zero-order chi connectivity index (χ0) is 23.4. The van der Waals surface area contributed by atoms with Crippen molar-refractivity contribution in [3.63, 3.8) is 0 Å². The van der Waals surface area contributed by atoms with E-state index in [1.807, 2.05) is 36.4 Å². The van der Waals surface area contributed by atoms with Crippen molar-refractivity contribution in [1.82, 2.24) is 20.2 Å². The van der Waals surface area contributed by atoms with Gasteiger partial charge in [-0.2, -0.15) is 5.10 Å². The number of hydrogen-bond acceptors (Lipinski definition) is 5. The zero-order valence-corrected chi connectivity index (χ0v) is 19.4. The van der Waals surface area contributed by atoms with E-state index in [-0.39, 0.29) is 16.6 Å². The van der Waals surface area contributed by atoms with Crippen LogP contribution < -0.4 is 5.56 Å². The summed E-state index contributed by atoms with van der Waals surface area (Å²) >= 11 is 6.58. The first-order valence-electron chi connectivity index (χ1n) is 10.9. The molecular weight excluding hydrogens is 472 g/mol. The first kappa shape index (κ1) is 21.1. The van der Waals surface area contributed by atoms with E-state index in [0.717, 1.165) is 16.5 Å². The van der Waals surface area contributed by atoms with Crippen LogP contribution in [-0.4, -0.2) is 33.8 Å². The number of H-pyrrole nitrogens is 2. The summed E-state index contributed by atoms with van der Waals surface area (Å²) in [6.45, 7) is 0. The topological polar surface area (TPSA) is 109 Å². The minimum atomic E-state index is -3.38. The van der Waals surface area contributed by atoms with Crippen LogP contribution in [0.1, 0.15) is 18.4 Å². The molecule has 170 valence electrons. The van der Waals surface area contributed by atoms with Crippen molar-refractivity contribution in [1.29, 1.82) is 0 Å². The molecule has 2 aromatic carbocycles. The Morgan fingerprint density at radius 2 is 1.82 bits per heavy atom. The molecule has 1 aliphatic rings. The molecule has 9 heteroatoms. The molecule has 6 rings (SSSR count). The van der Waals surface area contributed by atoms with Crippen LogP contribution in [0, 0.1) is 0 Å². The predicted molar refractivity (Wildman–Crippen MR) is 134 cm³/mol. The number of nitrogens with one attached hydrogen (secondary N) is 2. The second kappa shape index (κ2) is 7.78. The lowest BCUT2D eigenvalue weighted by atomic mass is 9.92. The second-order valence-corrected chi connectivity index (χ2v) is 11.3. The Labute approximate surface area is 199 Å². The third-order valence-electron chi connectivity index (χ3n) is 6.20. The minimum absolute atomic E-state index is 0.154. The average molecular weight is 491 g/mol. The molecule has 0 amide bonds. The van der Waals surface area contributed by atoms with Crippen molar-refractivity contribution in [2.45, 2.75) is 23.8 Å². The van der Waals surface area contributed by atoms with Crippen LogP contribution in [0.25, 0.3) is 44.3 Å². The SMILES string of the molecule is O=c1ccc2c(CS(=O)(=O)C3CC3)c(-c3cc(Cl)c4[nH]ncc4c3)c(-c3ccccc3)nc2[nH]1. The Morgan fingerprint density at radius 1 is 1.03 bits per heavy atom. The highest BCUT2D eigenvalue weighted by molar-refractivity contribution is 7.91.